The lowest BCUT2D eigenvalue weighted by molar-refractivity contribution is -0.156. The van der Waals surface area contributed by atoms with Crippen LogP contribution in [0.1, 0.15) is 27.2 Å². The topological polar surface area (TPSA) is 254 Å². The highest BCUT2D eigenvalue weighted by atomic mass is 16.6. The van der Waals surface area contributed by atoms with Crippen molar-refractivity contribution in [3.63, 3.8) is 0 Å². The molecule has 308 valence electrons. The monoisotopic (exact) mass is 767 g/mol. The first kappa shape index (κ1) is 50.1. The van der Waals surface area contributed by atoms with Gasteiger partial charge in [0.25, 0.3) is 0 Å². The van der Waals surface area contributed by atoms with Crippen molar-refractivity contribution in [2.45, 2.75) is 38.9 Å². The highest BCUT2D eigenvalue weighted by molar-refractivity contribution is 5.77. The average molecular weight is 768 g/mol. The van der Waals surface area contributed by atoms with Gasteiger partial charge in [0.15, 0.2) is 0 Å². The lowest BCUT2D eigenvalue weighted by atomic mass is 10.2. The van der Waals surface area contributed by atoms with E-state index in [1.54, 1.807) is 0 Å². The molecular formula is C32H61N7O14. The zero-order chi connectivity index (χ0) is 38.9. The number of carbonyl (C=O) groups excluding carboxylic acids is 2. The lowest BCUT2D eigenvalue weighted by Gasteiger charge is -2.19. The molecule has 0 unspecified atom stereocenters. The molecule has 1 amide bonds. The van der Waals surface area contributed by atoms with E-state index in [2.05, 4.69) is 25.4 Å². The fourth-order valence-electron chi connectivity index (χ4n) is 3.57. The number of amides is 1. The molecule has 0 heterocycles. The van der Waals surface area contributed by atoms with E-state index >= 15 is 0 Å². The Morgan fingerprint density at radius 1 is 0.566 bits per heavy atom. The largest absolute Gasteiger partial charge is 0.460 e. The normalized spacial score (nSPS) is 11.8. The smallest absolute Gasteiger partial charge is 0.308 e. The van der Waals surface area contributed by atoms with Crippen molar-refractivity contribution in [3.8, 4) is 0 Å². The molecule has 0 rings (SSSR count). The van der Waals surface area contributed by atoms with E-state index in [1.165, 1.54) is 0 Å². The molecule has 0 aromatic heterocycles. The average Bonchev–Trinajstić information content (AvgIpc) is 3.12. The second kappa shape index (κ2) is 38.8. The van der Waals surface area contributed by atoms with Crippen molar-refractivity contribution in [2.24, 2.45) is 10.2 Å². The summed E-state index contributed by atoms with van der Waals surface area (Å²) in [6, 6.07) is 0. The van der Waals surface area contributed by atoms with Crippen molar-refractivity contribution in [3.05, 3.63) is 20.9 Å². The summed E-state index contributed by atoms with van der Waals surface area (Å²) in [6.45, 7) is 12.7. The third-order valence-corrected chi connectivity index (χ3v) is 5.90. The van der Waals surface area contributed by atoms with E-state index in [-0.39, 0.29) is 57.8 Å². The first-order valence-corrected chi connectivity index (χ1v) is 17.7. The van der Waals surface area contributed by atoms with Crippen LogP contribution < -0.4 is 5.32 Å². The van der Waals surface area contributed by atoms with Crippen LogP contribution in [0.2, 0.25) is 0 Å². The Hall–Kier alpha value is -2.88. The molecule has 21 nitrogen and oxygen atoms in total. The van der Waals surface area contributed by atoms with Crippen LogP contribution in [0.25, 0.3) is 20.9 Å². The van der Waals surface area contributed by atoms with Gasteiger partial charge in [0.05, 0.1) is 139 Å². The minimum atomic E-state index is -0.511. The van der Waals surface area contributed by atoms with Gasteiger partial charge in [0.1, 0.15) is 18.3 Å². The van der Waals surface area contributed by atoms with Crippen molar-refractivity contribution in [1.82, 2.24) is 5.32 Å². The summed E-state index contributed by atoms with van der Waals surface area (Å²) in [6.07, 6.45) is -0.314. The SMILES string of the molecule is CC(C)(C)OC(=O)CCOCCOCCOCCOCCNC(=O)COC(COCCOCCOCCN=[N+]=[N-])COCCOCCOCCN=[N+]=[N-]. The zero-order valence-corrected chi connectivity index (χ0v) is 31.7. The molecule has 1 N–H and O–H groups in total. The van der Waals surface area contributed by atoms with Crippen molar-refractivity contribution < 1.29 is 66.4 Å². The van der Waals surface area contributed by atoms with Crippen LogP contribution in [0.15, 0.2) is 10.2 Å². The van der Waals surface area contributed by atoms with E-state index < -0.39 is 11.7 Å². The molecule has 0 saturated carbocycles. The zero-order valence-electron chi connectivity index (χ0n) is 31.7. The molecule has 0 aromatic rings. The van der Waals surface area contributed by atoms with E-state index in [1.807, 2.05) is 20.8 Å². The second-order valence-electron chi connectivity index (χ2n) is 11.6. The molecule has 0 aromatic carbocycles. The molecule has 0 aliphatic rings. The van der Waals surface area contributed by atoms with Crippen LogP contribution in [0, 0.1) is 0 Å². The molecule has 0 atom stereocenters. The number of hydrogen-bond donors (Lipinski definition) is 1. The standard InChI is InChI=1S/C32H61N7O14/c1-32(2,3)53-31(41)4-8-42-12-16-46-20-21-47-17-13-43-9-5-35-30(40)28-52-29(26-50-24-22-48-18-14-44-10-6-36-38-33)27-51-25-23-49-19-15-45-11-7-37-39-34/h29H,4-28H2,1-3H3,(H,35,40). The van der Waals surface area contributed by atoms with E-state index in [4.69, 9.17) is 67.9 Å². The van der Waals surface area contributed by atoms with Crippen LogP contribution in [-0.4, -0.2) is 182 Å². The number of nitrogens with one attached hydrogen (secondary N) is 1. The highest BCUT2D eigenvalue weighted by Crippen LogP contribution is 2.08. The molecule has 0 radical (unpaired) electrons. The summed E-state index contributed by atoms with van der Waals surface area (Å²) in [5.74, 6) is -0.605. The Kier molecular flexibility index (Phi) is 36.7. The van der Waals surface area contributed by atoms with Gasteiger partial charge in [0, 0.05) is 29.5 Å². The first-order chi connectivity index (χ1) is 25.8. The van der Waals surface area contributed by atoms with Gasteiger partial charge in [-0.2, -0.15) is 0 Å². The maximum Gasteiger partial charge on any atom is 0.308 e. The molecule has 0 aliphatic heterocycles. The van der Waals surface area contributed by atoms with Gasteiger partial charge in [-0.05, 0) is 31.8 Å². The third kappa shape index (κ3) is 41.7. The van der Waals surface area contributed by atoms with Gasteiger partial charge in [-0.25, -0.2) is 0 Å². The summed E-state index contributed by atoms with van der Waals surface area (Å²) >= 11 is 0. The Bertz CT molecular complexity index is 929. The Morgan fingerprint density at radius 2 is 0.943 bits per heavy atom. The van der Waals surface area contributed by atoms with Crippen LogP contribution >= 0.6 is 0 Å². The molecule has 53 heavy (non-hydrogen) atoms. The predicted molar refractivity (Wildman–Crippen MR) is 189 cm³/mol. The lowest BCUT2D eigenvalue weighted by Crippen LogP contribution is -2.35. The number of nitrogens with zero attached hydrogens (tertiary/aromatic N) is 6. The summed E-state index contributed by atoms with van der Waals surface area (Å²) < 4.78 is 65.4. The molecular weight excluding hydrogens is 706 g/mol. The molecule has 0 spiro atoms. The number of ether oxygens (including phenoxy) is 12. The maximum absolute atomic E-state index is 12.3. The summed E-state index contributed by atoms with van der Waals surface area (Å²) in [5, 5.41) is 9.50. The number of esters is 1. The maximum atomic E-state index is 12.3. The van der Waals surface area contributed by atoms with E-state index in [0.717, 1.165) is 0 Å². The van der Waals surface area contributed by atoms with Gasteiger partial charge in [-0.1, -0.05) is 10.2 Å². The Morgan fingerprint density at radius 3 is 1.36 bits per heavy atom. The molecule has 0 aliphatic carbocycles. The Balaban J connectivity index is 3.99. The second-order valence-corrected chi connectivity index (χ2v) is 11.6. The van der Waals surface area contributed by atoms with Crippen molar-refractivity contribution in [1.29, 1.82) is 0 Å². The predicted octanol–water partition coefficient (Wildman–Crippen LogP) is 2.01. The van der Waals surface area contributed by atoms with Crippen molar-refractivity contribution in [2.75, 3.05) is 158 Å². The van der Waals surface area contributed by atoms with Crippen LogP contribution in [0.4, 0.5) is 0 Å². The van der Waals surface area contributed by atoms with E-state index in [0.29, 0.717) is 119 Å². The molecule has 0 bridgehead atoms. The van der Waals surface area contributed by atoms with E-state index in [9.17, 15) is 9.59 Å². The number of carbonyl (C=O) groups is 2. The number of rotatable bonds is 40. The minimum Gasteiger partial charge on any atom is -0.460 e. The highest BCUT2D eigenvalue weighted by Gasteiger charge is 2.16. The van der Waals surface area contributed by atoms with Crippen molar-refractivity contribution >= 4 is 11.9 Å². The summed E-state index contributed by atoms with van der Waals surface area (Å²) in [4.78, 5) is 29.2. The van der Waals surface area contributed by atoms with Crippen LogP contribution in [0.3, 0.4) is 0 Å². The van der Waals surface area contributed by atoms with Gasteiger partial charge >= 0.3 is 5.97 Å². The number of azide groups is 2. The minimum absolute atomic E-state index is 0.178. The molecule has 0 fully saturated rings. The summed E-state index contributed by atoms with van der Waals surface area (Å²) in [5.41, 5.74) is 16.0. The quantitative estimate of drug-likeness (QED) is 0.0308. The van der Waals surface area contributed by atoms with Gasteiger partial charge in [-0.3, -0.25) is 9.59 Å². The fourth-order valence-corrected chi connectivity index (χ4v) is 3.57. The summed E-state index contributed by atoms with van der Waals surface area (Å²) in [7, 11) is 0. The van der Waals surface area contributed by atoms with Gasteiger partial charge in [0.2, 0.25) is 5.91 Å². The molecule has 21 heteroatoms. The van der Waals surface area contributed by atoms with Crippen LogP contribution in [0.5, 0.6) is 0 Å². The first-order valence-electron chi connectivity index (χ1n) is 17.7. The third-order valence-electron chi connectivity index (χ3n) is 5.90. The van der Waals surface area contributed by atoms with Gasteiger partial charge in [-0.15, -0.1) is 0 Å². The number of hydrogen-bond acceptors (Lipinski definition) is 16. The van der Waals surface area contributed by atoms with Gasteiger partial charge < -0.3 is 62.2 Å². The fraction of sp³-hybridized carbons (Fsp3) is 0.938. The molecule has 0 saturated heterocycles. The Labute approximate surface area is 312 Å². The van der Waals surface area contributed by atoms with Crippen LogP contribution in [-0.2, 0) is 66.4 Å².